The minimum absolute atomic E-state index is 0.0263. The molecular weight excluding hydrogens is 368 g/mol. The van der Waals surface area contributed by atoms with Gasteiger partial charge in [-0.15, -0.1) is 0 Å². The summed E-state index contributed by atoms with van der Waals surface area (Å²) < 4.78 is 12.8. The molecule has 3 aromatic carbocycles. The highest BCUT2D eigenvalue weighted by Gasteiger charge is 2.14. The lowest BCUT2D eigenvalue weighted by molar-refractivity contribution is -0.146. The van der Waals surface area contributed by atoms with E-state index in [9.17, 15) is 9.59 Å². The van der Waals surface area contributed by atoms with Crippen LogP contribution in [0.3, 0.4) is 0 Å². The highest BCUT2D eigenvalue weighted by molar-refractivity contribution is 5.94. The zero-order valence-electron chi connectivity index (χ0n) is 15.4. The molecule has 29 heavy (non-hydrogen) atoms. The summed E-state index contributed by atoms with van der Waals surface area (Å²) in [7, 11) is 0. The number of carbonyl (C=O) groups excluding carboxylic acids is 1. The molecule has 0 aliphatic carbocycles. The molecule has 5 rings (SSSR count). The van der Waals surface area contributed by atoms with Crippen molar-refractivity contribution in [3.8, 4) is 0 Å². The van der Waals surface area contributed by atoms with Gasteiger partial charge >= 0.3 is 5.97 Å². The van der Waals surface area contributed by atoms with E-state index in [1.165, 1.54) is 0 Å². The molecule has 0 unspecified atom stereocenters. The van der Waals surface area contributed by atoms with E-state index in [-0.39, 0.29) is 18.6 Å². The van der Waals surface area contributed by atoms with Crippen LogP contribution >= 0.6 is 0 Å². The summed E-state index contributed by atoms with van der Waals surface area (Å²) in [6, 6.07) is 21.9. The Morgan fingerprint density at radius 1 is 0.897 bits per heavy atom. The number of carbonyl (C=O) groups is 1. The van der Waals surface area contributed by atoms with E-state index in [4.69, 9.17) is 9.15 Å². The van der Waals surface area contributed by atoms with Crippen LogP contribution in [0.15, 0.2) is 82.0 Å². The van der Waals surface area contributed by atoms with Crippen molar-refractivity contribution in [2.75, 3.05) is 0 Å². The Kier molecular flexibility index (Phi) is 4.09. The van der Waals surface area contributed by atoms with Gasteiger partial charge in [0, 0.05) is 10.8 Å². The van der Waals surface area contributed by atoms with Crippen LogP contribution in [0.4, 0.5) is 0 Å². The summed E-state index contributed by atoms with van der Waals surface area (Å²) in [6.45, 7) is -0.0783. The lowest BCUT2D eigenvalue weighted by atomic mass is 10.1. The highest BCUT2D eigenvalue weighted by atomic mass is 16.5. The number of hydrogen-bond acceptors (Lipinski definition) is 5. The third-order valence-electron chi connectivity index (χ3n) is 4.86. The van der Waals surface area contributed by atoms with Gasteiger partial charge in [-0.05, 0) is 36.4 Å². The number of ether oxygens (including phenoxy) is 1. The smallest absolute Gasteiger partial charge is 0.326 e. The van der Waals surface area contributed by atoms with Crippen molar-refractivity contribution in [1.29, 1.82) is 0 Å². The first-order chi connectivity index (χ1) is 14.2. The summed E-state index contributed by atoms with van der Waals surface area (Å²) in [5.74, 6) is -0.0969. The maximum absolute atomic E-state index is 12.8. The Labute approximate surface area is 165 Å². The number of oxazole rings is 1. The number of aromatic nitrogens is 2. The number of para-hydroxylation sites is 4. The zero-order valence-corrected chi connectivity index (χ0v) is 15.4. The molecule has 0 saturated carbocycles. The van der Waals surface area contributed by atoms with Crippen LogP contribution in [0.2, 0.25) is 0 Å². The molecule has 6 nitrogen and oxygen atoms in total. The molecule has 0 fully saturated rings. The average Bonchev–Trinajstić information content (AvgIpc) is 3.18. The minimum Gasteiger partial charge on any atom is -0.454 e. The summed E-state index contributed by atoms with van der Waals surface area (Å²) in [4.78, 5) is 29.7. The van der Waals surface area contributed by atoms with E-state index in [2.05, 4.69) is 4.98 Å². The van der Waals surface area contributed by atoms with Gasteiger partial charge in [-0.3, -0.25) is 9.59 Å². The molecule has 0 aliphatic rings. The van der Waals surface area contributed by atoms with Gasteiger partial charge in [-0.25, -0.2) is 4.98 Å². The molecule has 2 heterocycles. The van der Waals surface area contributed by atoms with Crippen molar-refractivity contribution in [1.82, 2.24) is 9.55 Å². The Hall–Kier alpha value is -3.93. The molecule has 2 aromatic heterocycles. The number of benzene rings is 3. The van der Waals surface area contributed by atoms with Crippen LogP contribution in [-0.4, -0.2) is 15.5 Å². The quantitative estimate of drug-likeness (QED) is 0.345. The molecule has 0 bridgehead atoms. The first-order valence-corrected chi connectivity index (χ1v) is 9.21. The molecule has 142 valence electrons. The largest absolute Gasteiger partial charge is 0.454 e. The Bertz CT molecular complexity index is 1340. The number of pyridine rings is 1. The van der Waals surface area contributed by atoms with Gasteiger partial charge < -0.3 is 13.7 Å². The number of esters is 1. The molecule has 0 aliphatic heterocycles. The van der Waals surface area contributed by atoms with Crippen LogP contribution in [-0.2, 0) is 22.7 Å². The summed E-state index contributed by atoms with van der Waals surface area (Å²) in [5.41, 5.74) is 2.70. The Balaban J connectivity index is 1.46. The summed E-state index contributed by atoms with van der Waals surface area (Å²) in [6.07, 6.45) is 0. The fraction of sp³-hybridized carbons (Fsp3) is 0.0870. The van der Waals surface area contributed by atoms with Gasteiger partial charge in [-0.2, -0.15) is 0 Å². The molecule has 0 saturated heterocycles. The standard InChI is InChI=1S/C23H16N2O4/c26-22(28-14-21-24-17-9-3-6-12-20(17)29-21)13-25-18-10-4-1-7-15(18)23(27)16-8-2-5-11-19(16)25/h1-12H,13-14H2. The second-order valence-corrected chi connectivity index (χ2v) is 6.69. The SMILES string of the molecule is O=C(Cn1c2ccccc2c(=O)c2ccccc21)OCc1nc2ccccc2o1. The van der Waals surface area contributed by atoms with Crippen molar-refractivity contribution in [2.24, 2.45) is 0 Å². The fourth-order valence-electron chi connectivity index (χ4n) is 3.55. The molecule has 0 spiro atoms. The van der Waals surface area contributed by atoms with Crippen molar-refractivity contribution < 1.29 is 13.9 Å². The van der Waals surface area contributed by atoms with Crippen molar-refractivity contribution >= 4 is 38.9 Å². The van der Waals surface area contributed by atoms with Crippen LogP contribution < -0.4 is 5.43 Å². The van der Waals surface area contributed by atoms with Gasteiger partial charge in [0.05, 0.1) is 11.0 Å². The number of hydrogen-bond donors (Lipinski definition) is 0. The maximum atomic E-state index is 12.8. The van der Waals surface area contributed by atoms with E-state index < -0.39 is 5.97 Å². The summed E-state index contributed by atoms with van der Waals surface area (Å²) in [5, 5.41) is 1.14. The Morgan fingerprint density at radius 2 is 1.52 bits per heavy atom. The third-order valence-corrected chi connectivity index (χ3v) is 4.86. The maximum Gasteiger partial charge on any atom is 0.326 e. The Morgan fingerprint density at radius 3 is 2.21 bits per heavy atom. The minimum atomic E-state index is -0.439. The molecule has 0 radical (unpaired) electrons. The number of nitrogens with zero attached hydrogens (tertiary/aromatic N) is 2. The highest BCUT2D eigenvalue weighted by Crippen LogP contribution is 2.20. The lowest BCUT2D eigenvalue weighted by Gasteiger charge is -2.14. The molecule has 0 N–H and O–H groups in total. The first-order valence-electron chi connectivity index (χ1n) is 9.21. The monoisotopic (exact) mass is 384 g/mol. The van der Waals surface area contributed by atoms with E-state index in [0.29, 0.717) is 33.3 Å². The molecule has 5 aromatic rings. The molecule has 0 atom stereocenters. The van der Waals surface area contributed by atoms with Gasteiger partial charge in [0.1, 0.15) is 12.1 Å². The van der Waals surface area contributed by atoms with Crippen molar-refractivity contribution in [3.63, 3.8) is 0 Å². The van der Waals surface area contributed by atoms with Gasteiger partial charge in [0.25, 0.3) is 0 Å². The molecule has 6 heteroatoms. The first kappa shape index (κ1) is 17.2. The second-order valence-electron chi connectivity index (χ2n) is 6.69. The normalized spacial score (nSPS) is 11.3. The van der Waals surface area contributed by atoms with Crippen molar-refractivity contribution in [3.05, 3.63) is 88.9 Å². The van der Waals surface area contributed by atoms with Crippen LogP contribution in [0.5, 0.6) is 0 Å². The van der Waals surface area contributed by atoms with Gasteiger partial charge in [0.2, 0.25) is 5.89 Å². The van der Waals surface area contributed by atoms with E-state index in [1.54, 1.807) is 16.7 Å². The number of fused-ring (bicyclic) bond motifs is 3. The van der Waals surface area contributed by atoms with Gasteiger partial charge in [-0.1, -0.05) is 36.4 Å². The predicted octanol–water partition coefficient (Wildman–Crippen LogP) is 4.04. The molecule has 0 amide bonds. The van der Waals surface area contributed by atoms with Crippen molar-refractivity contribution in [2.45, 2.75) is 13.2 Å². The average molecular weight is 384 g/mol. The van der Waals surface area contributed by atoms with E-state index >= 15 is 0 Å². The van der Waals surface area contributed by atoms with Crippen LogP contribution in [0.1, 0.15) is 5.89 Å². The van der Waals surface area contributed by atoms with Crippen LogP contribution in [0.25, 0.3) is 32.9 Å². The molecular formula is C23H16N2O4. The number of rotatable bonds is 4. The summed E-state index contributed by atoms with van der Waals surface area (Å²) >= 11 is 0. The van der Waals surface area contributed by atoms with E-state index in [0.717, 1.165) is 5.52 Å². The predicted molar refractivity (Wildman–Crippen MR) is 110 cm³/mol. The topological polar surface area (TPSA) is 74.3 Å². The second kappa shape index (κ2) is 6.91. The third kappa shape index (κ3) is 3.04. The fourth-order valence-corrected chi connectivity index (χ4v) is 3.55. The van der Waals surface area contributed by atoms with Crippen LogP contribution in [0, 0.1) is 0 Å². The van der Waals surface area contributed by atoms with E-state index in [1.807, 2.05) is 60.7 Å². The zero-order chi connectivity index (χ0) is 19.8. The van der Waals surface area contributed by atoms with Gasteiger partial charge in [0.15, 0.2) is 17.6 Å². The lowest BCUT2D eigenvalue weighted by Crippen LogP contribution is -2.18.